The molecular formula is C12H20N2S. The molecule has 0 spiro atoms. The fourth-order valence-corrected chi connectivity index (χ4v) is 3.59. The molecule has 1 heterocycles. The first kappa shape index (κ1) is 11.1. The van der Waals surface area contributed by atoms with Crippen molar-refractivity contribution in [3.8, 4) is 0 Å². The highest BCUT2D eigenvalue weighted by Gasteiger charge is 2.24. The summed E-state index contributed by atoms with van der Waals surface area (Å²) >= 11 is 1.78. The average Bonchev–Trinajstić information content (AvgIpc) is 2.58. The zero-order valence-electron chi connectivity index (χ0n) is 9.62. The van der Waals surface area contributed by atoms with E-state index in [2.05, 4.69) is 18.8 Å². The molecule has 2 N–H and O–H groups in total. The van der Waals surface area contributed by atoms with Crippen LogP contribution < -0.4 is 5.73 Å². The Labute approximate surface area is 95.9 Å². The summed E-state index contributed by atoms with van der Waals surface area (Å²) in [5, 5.41) is 1.15. The van der Waals surface area contributed by atoms with E-state index in [1.54, 1.807) is 11.3 Å². The van der Waals surface area contributed by atoms with Crippen LogP contribution in [-0.2, 0) is 0 Å². The van der Waals surface area contributed by atoms with Gasteiger partial charge in [-0.05, 0) is 32.6 Å². The molecule has 15 heavy (non-hydrogen) atoms. The minimum absolute atomic E-state index is 0.233. The highest BCUT2D eigenvalue weighted by Crippen LogP contribution is 2.36. The van der Waals surface area contributed by atoms with Gasteiger partial charge in [0.2, 0.25) is 0 Å². The number of aromatic nitrogens is 1. The van der Waals surface area contributed by atoms with Gasteiger partial charge in [-0.15, -0.1) is 11.3 Å². The van der Waals surface area contributed by atoms with Crippen molar-refractivity contribution in [3.63, 3.8) is 0 Å². The van der Waals surface area contributed by atoms with Gasteiger partial charge in [-0.1, -0.05) is 19.3 Å². The van der Waals surface area contributed by atoms with Crippen LogP contribution in [0.4, 0.5) is 0 Å². The van der Waals surface area contributed by atoms with Crippen molar-refractivity contribution in [1.82, 2.24) is 4.98 Å². The van der Waals surface area contributed by atoms with Gasteiger partial charge in [0.1, 0.15) is 0 Å². The van der Waals surface area contributed by atoms with Gasteiger partial charge in [0, 0.05) is 10.9 Å². The van der Waals surface area contributed by atoms with Crippen LogP contribution in [0, 0.1) is 19.8 Å². The molecule has 1 aliphatic rings. The molecule has 0 bridgehead atoms. The van der Waals surface area contributed by atoms with Crippen LogP contribution >= 0.6 is 11.3 Å². The standard InChI is InChI=1S/C12H20N2S/c1-8-12(15-9(2)14-8)11(13)10-6-4-3-5-7-10/h10-11H,3-7,13H2,1-2H3. The average molecular weight is 224 g/mol. The number of rotatable bonds is 2. The largest absolute Gasteiger partial charge is 0.323 e. The van der Waals surface area contributed by atoms with Crippen LogP contribution in [0.15, 0.2) is 0 Å². The highest BCUT2D eigenvalue weighted by molar-refractivity contribution is 7.11. The van der Waals surface area contributed by atoms with Gasteiger partial charge in [0.25, 0.3) is 0 Å². The Balaban J connectivity index is 2.12. The van der Waals surface area contributed by atoms with Gasteiger partial charge in [-0.2, -0.15) is 0 Å². The van der Waals surface area contributed by atoms with Gasteiger partial charge >= 0.3 is 0 Å². The van der Waals surface area contributed by atoms with E-state index in [0.717, 1.165) is 10.7 Å². The molecule has 84 valence electrons. The van der Waals surface area contributed by atoms with E-state index in [4.69, 9.17) is 5.73 Å². The third kappa shape index (κ3) is 2.40. The number of aryl methyl sites for hydroxylation is 2. The third-order valence-electron chi connectivity index (χ3n) is 3.40. The van der Waals surface area contributed by atoms with Crippen LogP contribution in [-0.4, -0.2) is 4.98 Å². The summed E-state index contributed by atoms with van der Waals surface area (Å²) in [5.41, 5.74) is 7.50. The minimum atomic E-state index is 0.233. The maximum atomic E-state index is 6.35. The molecule has 1 aliphatic carbocycles. The molecule has 3 heteroatoms. The number of thiazole rings is 1. The van der Waals surface area contributed by atoms with Gasteiger partial charge in [0.15, 0.2) is 0 Å². The lowest BCUT2D eigenvalue weighted by Gasteiger charge is -2.26. The molecular weight excluding hydrogens is 204 g/mol. The van der Waals surface area contributed by atoms with Crippen LogP contribution in [0.25, 0.3) is 0 Å². The molecule has 2 nitrogen and oxygen atoms in total. The molecule has 2 rings (SSSR count). The lowest BCUT2D eigenvalue weighted by atomic mass is 9.83. The monoisotopic (exact) mass is 224 g/mol. The molecule has 1 aromatic heterocycles. The Morgan fingerprint density at radius 3 is 2.47 bits per heavy atom. The predicted molar refractivity (Wildman–Crippen MR) is 65.1 cm³/mol. The van der Waals surface area contributed by atoms with E-state index in [0.29, 0.717) is 5.92 Å². The van der Waals surface area contributed by atoms with Gasteiger partial charge in [-0.25, -0.2) is 4.98 Å². The molecule has 1 atom stereocenters. The SMILES string of the molecule is Cc1nc(C)c(C(N)C2CCCCC2)s1. The summed E-state index contributed by atoms with van der Waals surface area (Å²) in [4.78, 5) is 5.78. The van der Waals surface area contributed by atoms with E-state index in [-0.39, 0.29) is 6.04 Å². The summed E-state index contributed by atoms with van der Waals surface area (Å²) in [5.74, 6) is 0.692. The lowest BCUT2D eigenvalue weighted by Crippen LogP contribution is -2.23. The molecule has 0 aliphatic heterocycles. The van der Waals surface area contributed by atoms with Crippen molar-refractivity contribution in [3.05, 3.63) is 15.6 Å². The quantitative estimate of drug-likeness (QED) is 0.836. The van der Waals surface area contributed by atoms with Gasteiger partial charge in [-0.3, -0.25) is 0 Å². The molecule has 0 aromatic carbocycles. The van der Waals surface area contributed by atoms with E-state index in [9.17, 15) is 0 Å². The van der Waals surface area contributed by atoms with Crippen molar-refractivity contribution >= 4 is 11.3 Å². The maximum Gasteiger partial charge on any atom is 0.0900 e. The zero-order valence-corrected chi connectivity index (χ0v) is 10.4. The Morgan fingerprint density at radius 1 is 1.27 bits per heavy atom. The second-order valence-corrected chi connectivity index (χ2v) is 5.84. The topological polar surface area (TPSA) is 38.9 Å². The molecule has 1 aromatic rings. The van der Waals surface area contributed by atoms with Gasteiger partial charge < -0.3 is 5.73 Å². The van der Waals surface area contributed by atoms with Crippen molar-refractivity contribution in [2.75, 3.05) is 0 Å². The Morgan fingerprint density at radius 2 is 1.93 bits per heavy atom. The van der Waals surface area contributed by atoms with Crippen molar-refractivity contribution in [2.24, 2.45) is 11.7 Å². The lowest BCUT2D eigenvalue weighted by molar-refractivity contribution is 0.310. The first-order chi connectivity index (χ1) is 7.18. The molecule has 1 saturated carbocycles. The van der Waals surface area contributed by atoms with E-state index >= 15 is 0 Å². The van der Waals surface area contributed by atoms with Crippen molar-refractivity contribution < 1.29 is 0 Å². The summed E-state index contributed by atoms with van der Waals surface area (Å²) < 4.78 is 0. The second-order valence-electron chi connectivity index (χ2n) is 4.61. The predicted octanol–water partition coefficient (Wildman–Crippen LogP) is 3.34. The first-order valence-electron chi connectivity index (χ1n) is 5.88. The van der Waals surface area contributed by atoms with Crippen LogP contribution in [0.5, 0.6) is 0 Å². The molecule has 1 unspecified atom stereocenters. The van der Waals surface area contributed by atoms with E-state index in [1.165, 1.54) is 37.0 Å². The number of nitrogens with two attached hydrogens (primary N) is 1. The van der Waals surface area contributed by atoms with Crippen molar-refractivity contribution in [1.29, 1.82) is 0 Å². The maximum absolute atomic E-state index is 6.35. The van der Waals surface area contributed by atoms with E-state index in [1.807, 2.05) is 0 Å². The fraction of sp³-hybridized carbons (Fsp3) is 0.750. The Hall–Kier alpha value is -0.410. The van der Waals surface area contributed by atoms with Gasteiger partial charge in [0.05, 0.1) is 10.7 Å². The smallest absolute Gasteiger partial charge is 0.0900 e. The number of hydrogen-bond donors (Lipinski definition) is 1. The molecule has 0 saturated heterocycles. The summed E-state index contributed by atoms with van der Waals surface area (Å²) in [7, 11) is 0. The zero-order chi connectivity index (χ0) is 10.8. The Bertz CT molecular complexity index is 326. The fourth-order valence-electron chi connectivity index (χ4n) is 2.56. The third-order valence-corrected chi connectivity index (χ3v) is 4.57. The summed E-state index contributed by atoms with van der Waals surface area (Å²) in [6.45, 7) is 4.15. The molecule has 0 amide bonds. The minimum Gasteiger partial charge on any atom is -0.323 e. The van der Waals surface area contributed by atoms with E-state index < -0.39 is 0 Å². The summed E-state index contributed by atoms with van der Waals surface area (Å²) in [6.07, 6.45) is 6.71. The van der Waals surface area contributed by atoms with Crippen molar-refractivity contribution in [2.45, 2.75) is 52.0 Å². The number of nitrogens with zero attached hydrogens (tertiary/aromatic N) is 1. The Kier molecular flexibility index (Phi) is 3.42. The van der Waals surface area contributed by atoms with Crippen LogP contribution in [0.1, 0.15) is 53.7 Å². The van der Waals surface area contributed by atoms with Crippen LogP contribution in [0.3, 0.4) is 0 Å². The summed E-state index contributed by atoms with van der Waals surface area (Å²) in [6, 6.07) is 0.233. The first-order valence-corrected chi connectivity index (χ1v) is 6.69. The highest BCUT2D eigenvalue weighted by atomic mass is 32.1. The number of hydrogen-bond acceptors (Lipinski definition) is 3. The van der Waals surface area contributed by atoms with Crippen LogP contribution in [0.2, 0.25) is 0 Å². The normalized spacial score (nSPS) is 20.5. The molecule has 0 radical (unpaired) electrons. The molecule has 1 fully saturated rings. The second kappa shape index (κ2) is 4.62.